The molecule has 0 radical (unpaired) electrons. The summed E-state index contributed by atoms with van der Waals surface area (Å²) in [6, 6.07) is 0. The van der Waals surface area contributed by atoms with E-state index in [0.29, 0.717) is 30.1 Å². The van der Waals surface area contributed by atoms with E-state index in [1.165, 1.54) is 44.2 Å². The van der Waals surface area contributed by atoms with Crippen molar-refractivity contribution in [2.45, 2.75) is 91.6 Å². The van der Waals surface area contributed by atoms with Crippen molar-refractivity contribution >= 4 is 17.7 Å². The number of rotatable bonds is 7. The SMILES string of the molecule is CNCCCO/N=C1\CC[C@@]2(C)C(CC[C@H]3[C@@H]4CC[C@H](O)[C@@]4(C)CC[C@@H]32)C1(C)C.O=C(O)/C=C/C(=O)O. The van der Waals surface area contributed by atoms with Crippen LogP contribution in [0.1, 0.15) is 85.5 Å². The van der Waals surface area contributed by atoms with Gasteiger partial charge in [0.1, 0.15) is 6.61 Å². The lowest BCUT2D eigenvalue weighted by Gasteiger charge is -2.63. The summed E-state index contributed by atoms with van der Waals surface area (Å²) < 4.78 is 0. The van der Waals surface area contributed by atoms with Crippen LogP contribution in [0.25, 0.3) is 0 Å². The Hall–Kier alpha value is -1.93. The van der Waals surface area contributed by atoms with Gasteiger partial charge in [0.15, 0.2) is 0 Å². The van der Waals surface area contributed by atoms with Crippen LogP contribution in [0.3, 0.4) is 0 Å². The molecule has 8 heteroatoms. The molecule has 4 aliphatic carbocycles. The minimum atomic E-state index is -1.26. The quantitative estimate of drug-likeness (QED) is 0.217. The number of carbonyl (C=O) groups is 2. The number of aliphatic hydroxyl groups is 1. The van der Waals surface area contributed by atoms with Crippen molar-refractivity contribution in [2.75, 3.05) is 20.2 Å². The molecule has 0 aromatic rings. The summed E-state index contributed by atoms with van der Waals surface area (Å²) in [5.74, 6) is 0.559. The minimum Gasteiger partial charge on any atom is -0.478 e. The molecular formula is C29H48N2O6. The van der Waals surface area contributed by atoms with Crippen molar-refractivity contribution in [3.05, 3.63) is 12.2 Å². The monoisotopic (exact) mass is 520 g/mol. The van der Waals surface area contributed by atoms with Crippen molar-refractivity contribution < 1.29 is 29.7 Å². The molecule has 0 aromatic carbocycles. The van der Waals surface area contributed by atoms with E-state index < -0.39 is 11.9 Å². The number of carboxylic acid groups (broad SMARTS) is 2. The predicted molar refractivity (Wildman–Crippen MR) is 143 cm³/mol. The van der Waals surface area contributed by atoms with Gasteiger partial charge in [0.25, 0.3) is 0 Å². The molecule has 4 saturated carbocycles. The van der Waals surface area contributed by atoms with Crippen LogP contribution in [0.15, 0.2) is 17.3 Å². The van der Waals surface area contributed by atoms with Gasteiger partial charge in [-0.3, -0.25) is 0 Å². The minimum absolute atomic E-state index is 0.0689. The summed E-state index contributed by atoms with van der Waals surface area (Å²) in [5.41, 5.74) is 2.01. The standard InChI is InChI=1S/C25H44N2O2.C4H4O4/c1-23(2)20-9-7-17-18-8-10-22(28)25(18,4)13-11-19(17)24(20,3)14-12-21(23)27-29-16-6-15-26-5;5-3(6)1-2-4(7)8/h17-20,22,26,28H,6-16H2,1-5H3;1-2H,(H,5,6)(H,7,8)/b27-21+;2-1+/t17-,18-,19-,20?,22-,24+,25-;/m0./s1. The Morgan fingerprint density at radius 3 is 2.24 bits per heavy atom. The van der Waals surface area contributed by atoms with E-state index in [2.05, 4.69) is 38.2 Å². The molecule has 37 heavy (non-hydrogen) atoms. The van der Waals surface area contributed by atoms with Gasteiger partial charge in [0.05, 0.1) is 11.8 Å². The fraction of sp³-hybridized carbons (Fsp3) is 0.828. The van der Waals surface area contributed by atoms with Gasteiger partial charge in [-0.05, 0) is 106 Å². The Bertz CT molecular complexity index is 870. The molecule has 0 aliphatic heterocycles. The molecule has 0 heterocycles. The molecule has 1 unspecified atom stereocenters. The Morgan fingerprint density at radius 2 is 1.62 bits per heavy atom. The van der Waals surface area contributed by atoms with Crippen LogP contribution in [0.2, 0.25) is 0 Å². The summed E-state index contributed by atoms with van der Waals surface area (Å²) in [7, 11) is 1.98. The van der Waals surface area contributed by atoms with E-state index in [1.807, 2.05) is 7.05 Å². The van der Waals surface area contributed by atoms with E-state index in [-0.39, 0.29) is 16.9 Å². The highest BCUT2D eigenvalue weighted by atomic mass is 16.6. The molecule has 210 valence electrons. The molecule has 7 atom stereocenters. The molecule has 0 amide bonds. The number of aliphatic hydroxyl groups excluding tert-OH is 1. The summed E-state index contributed by atoms with van der Waals surface area (Å²) in [6.07, 6.45) is 11.9. The second-order valence-electron chi connectivity index (χ2n) is 12.7. The number of aliphatic carboxylic acids is 2. The van der Waals surface area contributed by atoms with E-state index in [9.17, 15) is 14.7 Å². The molecule has 0 saturated heterocycles. The average Bonchev–Trinajstić information content (AvgIpc) is 3.13. The normalized spacial score (nSPS) is 39.2. The largest absolute Gasteiger partial charge is 0.478 e. The molecule has 4 rings (SSSR count). The maximum atomic E-state index is 10.7. The Kier molecular flexibility index (Phi) is 9.49. The highest BCUT2D eigenvalue weighted by molar-refractivity contribution is 5.90. The fourth-order valence-electron chi connectivity index (χ4n) is 8.63. The smallest absolute Gasteiger partial charge is 0.328 e. The van der Waals surface area contributed by atoms with Gasteiger partial charge in [0.2, 0.25) is 0 Å². The maximum absolute atomic E-state index is 10.7. The van der Waals surface area contributed by atoms with Crippen molar-refractivity contribution in [3.63, 3.8) is 0 Å². The number of nitrogens with one attached hydrogen (secondary N) is 1. The third-order valence-electron chi connectivity index (χ3n) is 10.5. The highest BCUT2D eigenvalue weighted by Crippen LogP contribution is 2.68. The van der Waals surface area contributed by atoms with Crippen molar-refractivity contribution in [1.29, 1.82) is 0 Å². The Labute approximate surface area is 221 Å². The second-order valence-corrected chi connectivity index (χ2v) is 12.7. The van der Waals surface area contributed by atoms with E-state index >= 15 is 0 Å². The van der Waals surface area contributed by atoms with Crippen LogP contribution in [0.5, 0.6) is 0 Å². The zero-order valence-corrected chi connectivity index (χ0v) is 23.3. The summed E-state index contributed by atoms with van der Waals surface area (Å²) >= 11 is 0. The second kappa shape index (κ2) is 11.9. The van der Waals surface area contributed by atoms with Gasteiger partial charge < -0.3 is 25.5 Å². The maximum Gasteiger partial charge on any atom is 0.328 e. The van der Waals surface area contributed by atoms with E-state index in [1.54, 1.807) is 0 Å². The highest BCUT2D eigenvalue weighted by Gasteiger charge is 2.62. The first-order chi connectivity index (χ1) is 17.4. The van der Waals surface area contributed by atoms with Gasteiger partial charge in [-0.1, -0.05) is 32.9 Å². The van der Waals surface area contributed by atoms with E-state index in [0.717, 1.165) is 43.6 Å². The van der Waals surface area contributed by atoms with Gasteiger partial charge in [-0.25, -0.2) is 9.59 Å². The zero-order valence-electron chi connectivity index (χ0n) is 23.3. The number of hydrogen-bond donors (Lipinski definition) is 4. The van der Waals surface area contributed by atoms with Crippen LogP contribution >= 0.6 is 0 Å². The number of carboxylic acids is 2. The molecule has 0 aromatic heterocycles. The average molecular weight is 521 g/mol. The van der Waals surface area contributed by atoms with Gasteiger partial charge >= 0.3 is 11.9 Å². The topological polar surface area (TPSA) is 128 Å². The zero-order chi connectivity index (χ0) is 27.4. The molecule has 8 nitrogen and oxygen atoms in total. The number of hydrogen-bond acceptors (Lipinski definition) is 6. The summed E-state index contributed by atoms with van der Waals surface area (Å²) in [4.78, 5) is 24.8. The molecule has 4 aliphatic rings. The molecule has 4 N–H and O–H groups in total. The predicted octanol–water partition coefficient (Wildman–Crippen LogP) is 4.72. The molecule has 0 bridgehead atoms. The Morgan fingerprint density at radius 1 is 0.973 bits per heavy atom. The lowest BCUT2D eigenvalue weighted by Crippen LogP contribution is -2.58. The first-order valence-corrected chi connectivity index (χ1v) is 14.0. The molecule has 4 fully saturated rings. The van der Waals surface area contributed by atoms with Crippen LogP contribution in [0, 0.1) is 39.9 Å². The number of oxime groups is 1. The van der Waals surface area contributed by atoms with Gasteiger partial charge in [-0.2, -0.15) is 0 Å². The van der Waals surface area contributed by atoms with Crippen LogP contribution in [-0.2, 0) is 14.4 Å². The lowest BCUT2D eigenvalue weighted by atomic mass is 9.41. The third kappa shape index (κ3) is 6.06. The van der Waals surface area contributed by atoms with Crippen molar-refractivity contribution in [2.24, 2.45) is 45.1 Å². The lowest BCUT2D eigenvalue weighted by molar-refractivity contribution is -0.134. The van der Waals surface area contributed by atoms with Crippen LogP contribution < -0.4 is 5.32 Å². The Balaban J connectivity index is 0.000000414. The van der Waals surface area contributed by atoms with Crippen molar-refractivity contribution in [3.8, 4) is 0 Å². The fourth-order valence-corrected chi connectivity index (χ4v) is 8.63. The van der Waals surface area contributed by atoms with Gasteiger partial charge in [-0.15, -0.1) is 0 Å². The van der Waals surface area contributed by atoms with Crippen LogP contribution in [0.4, 0.5) is 0 Å². The van der Waals surface area contributed by atoms with Gasteiger partial charge in [0, 0.05) is 17.6 Å². The number of nitrogens with zero attached hydrogens (tertiary/aromatic N) is 1. The summed E-state index contributed by atoms with van der Waals surface area (Å²) in [5, 5.41) is 34.1. The first-order valence-electron chi connectivity index (χ1n) is 14.0. The third-order valence-corrected chi connectivity index (χ3v) is 10.5. The van der Waals surface area contributed by atoms with E-state index in [4.69, 9.17) is 15.1 Å². The van der Waals surface area contributed by atoms with Crippen LogP contribution in [-0.4, -0.2) is 59.3 Å². The first kappa shape index (κ1) is 29.6. The summed E-state index contributed by atoms with van der Waals surface area (Å²) in [6.45, 7) is 11.5. The number of fused-ring (bicyclic) bond motifs is 5. The molecular weight excluding hydrogens is 472 g/mol. The molecule has 0 spiro atoms. The van der Waals surface area contributed by atoms with Crippen molar-refractivity contribution in [1.82, 2.24) is 5.32 Å².